The minimum atomic E-state index is -1.13. The molecule has 7 nitrogen and oxygen atoms in total. The number of benzene rings is 1. The number of nitrogens with zero attached hydrogens (tertiary/aromatic N) is 5. The number of carbonyl (C=O) groups is 1. The standard InChI is InChI=1S/C17H17N5O2/c1-11-4-9-14-18-15(17(23)24)16(22(14)10-11)20-19-12-5-7-13(8-6-12)21(2)3/h4-10H,1-3H3,(H,23,24). The van der Waals surface area contributed by atoms with Crippen molar-refractivity contribution in [3.63, 3.8) is 0 Å². The summed E-state index contributed by atoms with van der Waals surface area (Å²) in [6.07, 6.45) is 1.79. The summed E-state index contributed by atoms with van der Waals surface area (Å²) in [4.78, 5) is 17.5. The third-order valence-electron chi connectivity index (χ3n) is 3.57. The fourth-order valence-electron chi connectivity index (χ4n) is 2.30. The maximum atomic E-state index is 11.4. The maximum Gasteiger partial charge on any atom is 0.358 e. The second kappa shape index (κ2) is 6.11. The average molecular weight is 323 g/mol. The number of fused-ring (bicyclic) bond motifs is 1. The molecule has 0 bridgehead atoms. The van der Waals surface area contributed by atoms with E-state index >= 15 is 0 Å². The number of pyridine rings is 1. The lowest BCUT2D eigenvalue weighted by molar-refractivity contribution is 0.0692. The summed E-state index contributed by atoms with van der Waals surface area (Å²) in [5.41, 5.74) is 3.07. The molecule has 24 heavy (non-hydrogen) atoms. The van der Waals surface area contributed by atoms with Crippen molar-refractivity contribution in [2.75, 3.05) is 19.0 Å². The van der Waals surface area contributed by atoms with Crippen LogP contribution in [0.15, 0.2) is 52.8 Å². The van der Waals surface area contributed by atoms with E-state index in [-0.39, 0.29) is 11.5 Å². The van der Waals surface area contributed by atoms with Crippen molar-refractivity contribution >= 4 is 28.8 Å². The number of aromatic carboxylic acids is 1. The van der Waals surface area contributed by atoms with E-state index in [0.29, 0.717) is 11.3 Å². The molecule has 1 N–H and O–H groups in total. The average Bonchev–Trinajstić information content (AvgIpc) is 2.91. The lowest BCUT2D eigenvalue weighted by atomic mass is 10.3. The van der Waals surface area contributed by atoms with Crippen molar-refractivity contribution in [2.24, 2.45) is 10.2 Å². The van der Waals surface area contributed by atoms with Crippen LogP contribution >= 0.6 is 0 Å². The summed E-state index contributed by atoms with van der Waals surface area (Å²) < 4.78 is 1.64. The summed E-state index contributed by atoms with van der Waals surface area (Å²) in [5, 5.41) is 17.6. The molecule has 0 radical (unpaired) electrons. The van der Waals surface area contributed by atoms with Crippen LogP contribution in [-0.2, 0) is 0 Å². The van der Waals surface area contributed by atoms with E-state index in [1.165, 1.54) is 0 Å². The Morgan fingerprint density at radius 1 is 1.12 bits per heavy atom. The zero-order valence-corrected chi connectivity index (χ0v) is 13.6. The molecule has 0 aliphatic carbocycles. The van der Waals surface area contributed by atoms with Gasteiger partial charge in [-0.25, -0.2) is 9.78 Å². The highest BCUT2D eigenvalue weighted by atomic mass is 16.4. The molecule has 1 aromatic carbocycles. The first-order chi connectivity index (χ1) is 11.5. The van der Waals surface area contributed by atoms with Crippen LogP contribution in [0.1, 0.15) is 16.1 Å². The molecule has 0 aliphatic rings. The number of azo groups is 1. The van der Waals surface area contributed by atoms with Gasteiger partial charge in [-0.05, 0) is 42.8 Å². The fourth-order valence-corrected chi connectivity index (χ4v) is 2.30. The lowest BCUT2D eigenvalue weighted by Crippen LogP contribution is -2.07. The normalized spacial score (nSPS) is 11.3. The molecule has 0 spiro atoms. The topological polar surface area (TPSA) is 82.6 Å². The first-order valence-corrected chi connectivity index (χ1v) is 7.37. The predicted molar refractivity (Wildman–Crippen MR) is 91.8 cm³/mol. The van der Waals surface area contributed by atoms with E-state index in [9.17, 15) is 9.90 Å². The van der Waals surface area contributed by atoms with Crippen molar-refractivity contribution in [1.82, 2.24) is 9.38 Å². The molecule has 7 heteroatoms. The molecule has 3 rings (SSSR count). The van der Waals surface area contributed by atoms with Crippen molar-refractivity contribution in [3.05, 3.63) is 53.9 Å². The number of rotatable bonds is 4. The highest BCUT2D eigenvalue weighted by Gasteiger charge is 2.18. The highest BCUT2D eigenvalue weighted by molar-refractivity contribution is 5.91. The number of anilines is 1. The molecular weight excluding hydrogens is 306 g/mol. The first-order valence-electron chi connectivity index (χ1n) is 7.37. The van der Waals surface area contributed by atoms with E-state index < -0.39 is 5.97 Å². The Labute approximate surface area is 138 Å². The fraction of sp³-hybridized carbons (Fsp3) is 0.176. The van der Waals surface area contributed by atoms with Gasteiger partial charge in [0.2, 0.25) is 0 Å². The molecule has 0 saturated heterocycles. The van der Waals surface area contributed by atoms with Gasteiger partial charge in [-0.3, -0.25) is 4.40 Å². The van der Waals surface area contributed by atoms with Gasteiger partial charge in [0.15, 0.2) is 11.5 Å². The monoisotopic (exact) mass is 323 g/mol. The number of aromatic nitrogens is 2. The van der Waals surface area contributed by atoms with E-state index in [1.807, 2.05) is 56.3 Å². The third-order valence-corrected chi connectivity index (χ3v) is 3.57. The van der Waals surface area contributed by atoms with Crippen molar-refractivity contribution in [1.29, 1.82) is 0 Å². The summed E-state index contributed by atoms with van der Waals surface area (Å²) in [5.74, 6) is -0.925. The van der Waals surface area contributed by atoms with Gasteiger partial charge >= 0.3 is 5.97 Å². The van der Waals surface area contributed by atoms with Gasteiger partial charge in [0.1, 0.15) is 5.65 Å². The van der Waals surface area contributed by atoms with Crippen LogP contribution in [-0.4, -0.2) is 34.6 Å². The number of carboxylic acid groups (broad SMARTS) is 1. The summed E-state index contributed by atoms with van der Waals surface area (Å²) in [6.45, 7) is 1.92. The summed E-state index contributed by atoms with van der Waals surface area (Å²) in [7, 11) is 3.91. The molecule has 0 atom stereocenters. The Kier molecular flexibility index (Phi) is 3.99. The van der Waals surface area contributed by atoms with Crippen molar-refractivity contribution in [2.45, 2.75) is 6.92 Å². The van der Waals surface area contributed by atoms with Crippen LogP contribution in [0.4, 0.5) is 17.2 Å². The van der Waals surface area contributed by atoms with E-state index in [1.54, 1.807) is 16.7 Å². The third kappa shape index (κ3) is 2.96. The molecule has 2 heterocycles. The van der Waals surface area contributed by atoms with E-state index in [0.717, 1.165) is 11.3 Å². The van der Waals surface area contributed by atoms with Gasteiger partial charge < -0.3 is 10.0 Å². The zero-order chi connectivity index (χ0) is 17.3. The Morgan fingerprint density at radius 3 is 2.46 bits per heavy atom. The van der Waals surface area contributed by atoms with Crippen LogP contribution in [0, 0.1) is 6.92 Å². The van der Waals surface area contributed by atoms with Crippen LogP contribution in [0.3, 0.4) is 0 Å². The number of imidazole rings is 1. The van der Waals surface area contributed by atoms with Crippen molar-refractivity contribution < 1.29 is 9.90 Å². The Balaban J connectivity index is 2.03. The van der Waals surface area contributed by atoms with Gasteiger partial charge in [-0.1, -0.05) is 6.07 Å². The molecule has 0 saturated carbocycles. The van der Waals surface area contributed by atoms with Gasteiger partial charge in [0.25, 0.3) is 0 Å². The summed E-state index contributed by atoms with van der Waals surface area (Å²) >= 11 is 0. The van der Waals surface area contributed by atoms with Crippen LogP contribution in [0.5, 0.6) is 0 Å². The van der Waals surface area contributed by atoms with Gasteiger partial charge in [-0.15, -0.1) is 10.2 Å². The zero-order valence-electron chi connectivity index (χ0n) is 13.6. The SMILES string of the molecule is Cc1ccc2nc(C(=O)O)c(N=Nc3ccc(N(C)C)cc3)n2c1. The molecule has 0 fully saturated rings. The molecule has 122 valence electrons. The Hall–Kier alpha value is -3.22. The summed E-state index contributed by atoms with van der Waals surface area (Å²) in [6, 6.07) is 11.1. The minimum Gasteiger partial charge on any atom is -0.476 e. The smallest absolute Gasteiger partial charge is 0.358 e. The van der Waals surface area contributed by atoms with Crippen molar-refractivity contribution in [3.8, 4) is 0 Å². The molecule has 3 aromatic rings. The number of carboxylic acids is 1. The quantitative estimate of drug-likeness (QED) is 0.740. The Morgan fingerprint density at radius 2 is 1.83 bits per heavy atom. The molecule has 0 amide bonds. The number of hydrogen-bond acceptors (Lipinski definition) is 5. The van der Waals surface area contributed by atoms with Gasteiger partial charge in [0, 0.05) is 26.0 Å². The molecule has 2 aromatic heterocycles. The lowest BCUT2D eigenvalue weighted by Gasteiger charge is -2.11. The largest absolute Gasteiger partial charge is 0.476 e. The molecular formula is C17H17N5O2. The molecule has 0 unspecified atom stereocenters. The minimum absolute atomic E-state index is 0.116. The number of hydrogen-bond donors (Lipinski definition) is 1. The van der Waals surface area contributed by atoms with Gasteiger partial charge in [-0.2, -0.15) is 0 Å². The second-order valence-corrected chi connectivity index (χ2v) is 5.63. The highest BCUT2D eigenvalue weighted by Crippen LogP contribution is 2.25. The maximum absolute atomic E-state index is 11.4. The van der Waals surface area contributed by atoms with E-state index in [2.05, 4.69) is 15.2 Å². The predicted octanol–water partition coefficient (Wildman–Crippen LogP) is 3.82. The molecule has 0 aliphatic heterocycles. The first kappa shape index (κ1) is 15.7. The Bertz CT molecular complexity index is 926. The number of aryl methyl sites for hydroxylation is 1. The van der Waals surface area contributed by atoms with Crippen LogP contribution in [0.25, 0.3) is 5.65 Å². The second-order valence-electron chi connectivity index (χ2n) is 5.63. The van der Waals surface area contributed by atoms with Crippen LogP contribution in [0.2, 0.25) is 0 Å². The van der Waals surface area contributed by atoms with Gasteiger partial charge in [0.05, 0.1) is 5.69 Å². The van der Waals surface area contributed by atoms with Crippen LogP contribution < -0.4 is 4.90 Å². The van der Waals surface area contributed by atoms with E-state index in [4.69, 9.17) is 0 Å².